The van der Waals surface area contributed by atoms with Gasteiger partial charge in [-0.25, -0.2) is 0 Å². The van der Waals surface area contributed by atoms with E-state index >= 15 is 0 Å². The fourth-order valence-corrected chi connectivity index (χ4v) is 10.8. The molecule has 0 aromatic heterocycles. The van der Waals surface area contributed by atoms with E-state index in [-0.39, 0.29) is 46.7 Å². The van der Waals surface area contributed by atoms with Crippen LogP contribution in [0.5, 0.6) is 0 Å². The normalized spacial score (nSPS) is 11.2. The van der Waals surface area contributed by atoms with E-state index in [1.807, 2.05) is 0 Å². The van der Waals surface area contributed by atoms with E-state index in [0.717, 1.165) is 51.4 Å². The SMILES string of the molecule is CCCCCCCC/C=C\CCCCCCCCCC(=O)[O-].CCCCCCCC/C=C\CCCCCCCCCC(=O)[O-].CCCCCCCC/C=C\CCCCCCCCCC(=O)[O-].CCCCCCCC/C=C\CCCCCCCCCC(=O)[O-].[Mo+4]. The summed E-state index contributed by atoms with van der Waals surface area (Å²) in [6.07, 6.45) is 95.3. The minimum Gasteiger partial charge on any atom is -0.550 e. The van der Waals surface area contributed by atoms with E-state index < -0.39 is 23.9 Å². The fourth-order valence-electron chi connectivity index (χ4n) is 10.8. The molecule has 0 radical (unpaired) electrons. The molecule has 0 heterocycles. The first-order chi connectivity index (χ1) is 43.1. The Kier molecular flexibility index (Phi) is 98.4. The summed E-state index contributed by atoms with van der Waals surface area (Å²) in [6, 6.07) is 0. The predicted octanol–water partition coefficient (Wildman–Crippen LogP) is 22.2. The monoisotopic (exact) mass is 1340 g/mol. The van der Waals surface area contributed by atoms with Crippen molar-refractivity contribution in [3.8, 4) is 0 Å². The van der Waals surface area contributed by atoms with Gasteiger partial charge < -0.3 is 39.6 Å². The van der Waals surface area contributed by atoms with Gasteiger partial charge in [-0.3, -0.25) is 0 Å². The Balaban J connectivity index is -0.000000351. The molecule has 0 rings (SSSR count). The largest absolute Gasteiger partial charge is 4.00 e. The zero-order chi connectivity index (χ0) is 65.2. The van der Waals surface area contributed by atoms with Crippen LogP contribution in [0.4, 0.5) is 0 Å². The molecular formula is C80H148MoO8. The number of carbonyl (C=O) groups is 4. The second-order valence-corrected chi connectivity index (χ2v) is 25.7. The third-order valence-electron chi connectivity index (χ3n) is 16.6. The molecule has 0 spiro atoms. The average molecular weight is 1330 g/mol. The topological polar surface area (TPSA) is 161 Å². The summed E-state index contributed by atoms with van der Waals surface area (Å²) in [5.74, 6) is -3.64. The van der Waals surface area contributed by atoms with Crippen LogP contribution in [0.25, 0.3) is 0 Å². The van der Waals surface area contributed by atoms with Crippen LogP contribution in [0.3, 0.4) is 0 Å². The molecular weight excluding hydrogens is 1180 g/mol. The van der Waals surface area contributed by atoms with Gasteiger partial charge in [-0.1, -0.05) is 333 Å². The van der Waals surface area contributed by atoms with Crippen LogP contribution < -0.4 is 20.4 Å². The molecule has 0 amide bonds. The number of hydrogen-bond donors (Lipinski definition) is 0. The van der Waals surface area contributed by atoms with E-state index in [0.29, 0.717) is 0 Å². The van der Waals surface area contributed by atoms with Crippen molar-refractivity contribution in [1.82, 2.24) is 0 Å². The molecule has 0 fully saturated rings. The molecule has 0 atom stereocenters. The average Bonchev–Trinajstić information content (AvgIpc) is 3.50. The van der Waals surface area contributed by atoms with Crippen LogP contribution in [0.1, 0.15) is 439 Å². The van der Waals surface area contributed by atoms with Gasteiger partial charge in [0.25, 0.3) is 0 Å². The van der Waals surface area contributed by atoms with Crippen LogP contribution in [-0.2, 0) is 40.2 Å². The number of aliphatic carboxylic acids is 4. The number of carboxylic acids is 4. The van der Waals surface area contributed by atoms with Gasteiger partial charge in [-0.2, -0.15) is 0 Å². The van der Waals surface area contributed by atoms with Crippen molar-refractivity contribution in [2.75, 3.05) is 0 Å². The zero-order valence-corrected chi connectivity index (χ0v) is 61.6. The van der Waals surface area contributed by atoms with Gasteiger partial charge in [0.1, 0.15) is 0 Å². The molecule has 0 saturated heterocycles. The third kappa shape index (κ3) is 110. The summed E-state index contributed by atoms with van der Waals surface area (Å²) in [7, 11) is 0. The summed E-state index contributed by atoms with van der Waals surface area (Å²) in [6.45, 7) is 9.06. The number of unbranched alkanes of at least 4 members (excludes halogenated alkanes) is 52. The van der Waals surface area contributed by atoms with Crippen molar-refractivity contribution in [2.24, 2.45) is 0 Å². The Morgan fingerprint density at radius 2 is 0.281 bits per heavy atom. The molecule has 0 aliphatic heterocycles. The van der Waals surface area contributed by atoms with Crippen LogP contribution in [0, 0.1) is 0 Å². The van der Waals surface area contributed by atoms with Crippen molar-refractivity contribution in [3.63, 3.8) is 0 Å². The van der Waals surface area contributed by atoms with Crippen molar-refractivity contribution >= 4 is 23.9 Å². The van der Waals surface area contributed by atoms with Crippen molar-refractivity contribution < 1.29 is 60.7 Å². The van der Waals surface area contributed by atoms with E-state index in [1.54, 1.807) is 0 Å². The van der Waals surface area contributed by atoms with Crippen LogP contribution in [0.2, 0.25) is 0 Å². The number of allylic oxidation sites excluding steroid dienone is 8. The molecule has 9 heteroatoms. The maximum atomic E-state index is 10.2. The Morgan fingerprint density at radius 3 is 0.393 bits per heavy atom. The second-order valence-electron chi connectivity index (χ2n) is 25.7. The molecule has 0 aromatic rings. The summed E-state index contributed by atoms with van der Waals surface area (Å²) in [5.41, 5.74) is 0. The van der Waals surface area contributed by atoms with Gasteiger partial charge in [0, 0.05) is 23.9 Å². The summed E-state index contributed by atoms with van der Waals surface area (Å²) < 4.78 is 0. The van der Waals surface area contributed by atoms with Gasteiger partial charge in [0.2, 0.25) is 0 Å². The van der Waals surface area contributed by atoms with E-state index in [9.17, 15) is 39.6 Å². The van der Waals surface area contributed by atoms with Gasteiger partial charge in [-0.15, -0.1) is 0 Å². The molecule has 8 nitrogen and oxygen atoms in total. The van der Waals surface area contributed by atoms with E-state index in [2.05, 4.69) is 76.3 Å². The van der Waals surface area contributed by atoms with Gasteiger partial charge in [-0.05, 0) is 154 Å². The standard InChI is InChI=1S/4C20H38O2.Mo/c4*1-2-3-4-5-6-7-8-9-10-11-12-13-14-15-16-17-18-19-20(21)22;/h4*9-10H,2-8,11-19H2,1H3,(H,21,22);/q;;;;+4/p-4/b4*10-9-;. The third-order valence-corrected chi connectivity index (χ3v) is 16.6. The van der Waals surface area contributed by atoms with Crippen LogP contribution in [0.15, 0.2) is 48.6 Å². The predicted molar refractivity (Wildman–Crippen MR) is 375 cm³/mol. The number of rotatable bonds is 68. The fraction of sp³-hybridized carbons (Fsp3) is 0.850. The summed E-state index contributed by atoms with van der Waals surface area (Å²) in [4.78, 5) is 41.0. The first-order valence-electron chi connectivity index (χ1n) is 38.5. The molecule has 0 unspecified atom stereocenters. The molecule has 0 aromatic carbocycles. The van der Waals surface area contributed by atoms with Gasteiger partial charge in [0.15, 0.2) is 0 Å². The Morgan fingerprint density at radius 1 is 0.180 bits per heavy atom. The Bertz CT molecular complexity index is 1260. The number of carboxylic acid groups (broad SMARTS) is 4. The zero-order valence-electron chi connectivity index (χ0n) is 59.5. The van der Waals surface area contributed by atoms with E-state index in [4.69, 9.17) is 0 Å². The quantitative estimate of drug-likeness (QED) is 0.0330. The van der Waals surface area contributed by atoms with Crippen molar-refractivity contribution in [3.05, 3.63) is 48.6 Å². The van der Waals surface area contributed by atoms with Crippen molar-refractivity contribution in [1.29, 1.82) is 0 Å². The molecule has 0 aliphatic carbocycles. The second kappa shape index (κ2) is 91.9. The molecule has 0 aliphatic rings. The molecule has 89 heavy (non-hydrogen) atoms. The number of hydrogen-bond acceptors (Lipinski definition) is 8. The molecule has 522 valence electrons. The molecule has 0 bridgehead atoms. The van der Waals surface area contributed by atoms with E-state index in [1.165, 1.54) is 334 Å². The maximum absolute atomic E-state index is 10.2. The van der Waals surface area contributed by atoms with Gasteiger partial charge >= 0.3 is 21.1 Å². The summed E-state index contributed by atoms with van der Waals surface area (Å²) in [5, 5.41) is 41.0. The Hall–Kier alpha value is -2.47. The minimum atomic E-state index is -0.909. The first kappa shape index (κ1) is 95.2. The van der Waals surface area contributed by atoms with Crippen molar-refractivity contribution in [2.45, 2.75) is 439 Å². The molecule has 0 saturated carbocycles. The smallest absolute Gasteiger partial charge is 0.550 e. The van der Waals surface area contributed by atoms with Crippen LogP contribution >= 0.6 is 0 Å². The number of carbonyl (C=O) groups excluding carboxylic acids is 4. The van der Waals surface area contributed by atoms with Gasteiger partial charge in [0.05, 0.1) is 0 Å². The maximum Gasteiger partial charge on any atom is 4.00 e. The molecule has 0 N–H and O–H groups in total. The Labute approximate surface area is 568 Å². The summed E-state index contributed by atoms with van der Waals surface area (Å²) >= 11 is 0. The van der Waals surface area contributed by atoms with Crippen LogP contribution in [-0.4, -0.2) is 23.9 Å². The first-order valence-corrected chi connectivity index (χ1v) is 38.5. The minimum absolute atomic E-state index is 0.